The fourth-order valence-corrected chi connectivity index (χ4v) is 5.66. The Bertz CT molecular complexity index is 1060. The molecule has 0 heterocycles. The standard InChI is InChI=1S/C34H41F/c1-3-7-27-10-12-28(13-11-27)14-15-29-16-18-30(19-17-29)20-22-33-23-21-31(25-34(33)35)24-26(2)32-8-5-4-6-9-32/h4-6,8-9,16-23,25-28H,3,7,10-15,24H2,1-2H3/b22-20+. The zero-order valence-electron chi connectivity index (χ0n) is 21.6. The molecular weight excluding hydrogens is 427 g/mol. The Morgan fingerprint density at radius 3 is 2.11 bits per heavy atom. The first-order chi connectivity index (χ1) is 17.1. The van der Waals surface area contributed by atoms with Gasteiger partial charge in [-0.1, -0.05) is 131 Å². The highest BCUT2D eigenvalue weighted by molar-refractivity contribution is 5.70. The molecule has 0 spiro atoms. The van der Waals surface area contributed by atoms with E-state index in [0.717, 1.165) is 29.4 Å². The Balaban J connectivity index is 1.27. The third-order valence-corrected chi connectivity index (χ3v) is 7.91. The second kappa shape index (κ2) is 12.9. The lowest BCUT2D eigenvalue weighted by molar-refractivity contribution is 0.252. The van der Waals surface area contributed by atoms with Crippen molar-refractivity contribution in [2.75, 3.05) is 0 Å². The van der Waals surface area contributed by atoms with E-state index in [4.69, 9.17) is 0 Å². The molecule has 0 bridgehead atoms. The van der Waals surface area contributed by atoms with Gasteiger partial charge in [-0.25, -0.2) is 4.39 Å². The van der Waals surface area contributed by atoms with Crippen molar-refractivity contribution in [2.24, 2.45) is 11.8 Å². The van der Waals surface area contributed by atoms with Gasteiger partial charge in [0.1, 0.15) is 5.82 Å². The molecule has 184 valence electrons. The van der Waals surface area contributed by atoms with Crippen LogP contribution in [-0.2, 0) is 12.8 Å². The van der Waals surface area contributed by atoms with Gasteiger partial charge in [-0.2, -0.15) is 0 Å². The van der Waals surface area contributed by atoms with Crippen LogP contribution in [0.4, 0.5) is 4.39 Å². The minimum atomic E-state index is -0.149. The molecule has 0 amide bonds. The molecule has 1 saturated carbocycles. The van der Waals surface area contributed by atoms with Crippen LogP contribution in [0.3, 0.4) is 0 Å². The normalized spacial score (nSPS) is 19.2. The van der Waals surface area contributed by atoms with Crippen molar-refractivity contribution in [3.8, 4) is 0 Å². The largest absolute Gasteiger partial charge is 0.206 e. The monoisotopic (exact) mass is 468 g/mol. The third kappa shape index (κ3) is 7.66. The summed E-state index contributed by atoms with van der Waals surface area (Å²) in [6.07, 6.45) is 15.7. The molecular formula is C34H41F. The van der Waals surface area contributed by atoms with Crippen LogP contribution < -0.4 is 0 Å². The number of hydrogen-bond acceptors (Lipinski definition) is 0. The predicted molar refractivity (Wildman–Crippen MR) is 149 cm³/mol. The van der Waals surface area contributed by atoms with Gasteiger partial charge in [0.15, 0.2) is 0 Å². The quantitative estimate of drug-likeness (QED) is 0.260. The first-order valence-corrected chi connectivity index (χ1v) is 13.7. The van der Waals surface area contributed by atoms with Gasteiger partial charge in [0, 0.05) is 5.56 Å². The van der Waals surface area contributed by atoms with Gasteiger partial charge >= 0.3 is 0 Å². The SMILES string of the molecule is CCCC1CCC(CCc2ccc(/C=C/c3ccc(CC(C)c4ccccc4)cc3F)cc2)CC1. The van der Waals surface area contributed by atoms with E-state index in [9.17, 15) is 4.39 Å². The average Bonchev–Trinajstić information content (AvgIpc) is 2.89. The van der Waals surface area contributed by atoms with Crippen molar-refractivity contribution in [1.82, 2.24) is 0 Å². The van der Waals surface area contributed by atoms with Crippen LogP contribution in [-0.4, -0.2) is 0 Å². The number of rotatable bonds is 10. The van der Waals surface area contributed by atoms with Gasteiger partial charge in [0.2, 0.25) is 0 Å². The fourth-order valence-electron chi connectivity index (χ4n) is 5.66. The van der Waals surface area contributed by atoms with E-state index in [1.165, 1.54) is 62.5 Å². The van der Waals surface area contributed by atoms with E-state index in [1.54, 1.807) is 6.07 Å². The lowest BCUT2D eigenvalue weighted by Gasteiger charge is -2.28. The lowest BCUT2D eigenvalue weighted by Crippen LogP contribution is -2.15. The molecule has 1 heteroatoms. The number of aryl methyl sites for hydroxylation is 1. The van der Waals surface area contributed by atoms with Gasteiger partial charge in [-0.3, -0.25) is 0 Å². The minimum absolute atomic E-state index is 0.149. The predicted octanol–water partition coefficient (Wildman–Crippen LogP) is 9.88. The molecule has 3 aromatic carbocycles. The van der Waals surface area contributed by atoms with E-state index in [2.05, 4.69) is 68.4 Å². The van der Waals surface area contributed by atoms with Crippen molar-refractivity contribution in [2.45, 2.75) is 77.6 Å². The summed E-state index contributed by atoms with van der Waals surface area (Å²) in [5.41, 5.74) is 5.51. The Kier molecular flexibility index (Phi) is 9.35. The molecule has 0 nitrogen and oxygen atoms in total. The molecule has 0 aliphatic heterocycles. The van der Waals surface area contributed by atoms with Gasteiger partial charge < -0.3 is 0 Å². The molecule has 1 aliphatic carbocycles. The Morgan fingerprint density at radius 2 is 1.46 bits per heavy atom. The molecule has 0 N–H and O–H groups in total. The first kappa shape index (κ1) is 25.4. The maximum atomic E-state index is 14.8. The summed E-state index contributed by atoms with van der Waals surface area (Å²) in [6, 6.07) is 24.9. The molecule has 4 rings (SSSR count). The Labute approximate surface area is 212 Å². The summed E-state index contributed by atoms with van der Waals surface area (Å²) < 4.78 is 14.8. The number of benzene rings is 3. The van der Waals surface area contributed by atoms with Crippen molar-refractivity contribution >= 4 is 12.2 Å². The third-order valence-electron chi connectivity index (χ3n) is 7.91. The smallest absolute Gasteiger partial charge is 0.130 e. The second-order valence-electron chi connectivity index (χ2n) is 10.7. The lowest BCUT2D eigenvalue weighted by atomic mass is 9.78. The fraction of sp³-hybridized carbons (Fsp3) is 0.412. The van der Waals surface area contributed by atoms with Crippen LogP contribution >= 0.6 is 0 Å². The van der Waals surface area contributed by atoms with Crippen molar-refractivity contribution < 1.29 is 4.39 Å². The van der Waals surface area contributed by atoms with Crippen LogP contribution in [0.1, 0.15) is 92.5 Å². The van der Waals surface area contributed by atoms with Crippen molar-refractivity contribution in [3.05, 3.63) is 106 Å². The highest BCUT2D eigenvalue weighted by atomic mass is 19.1. The van der Waals surface area contributed by atoms with Crippen LogP contribution in [0.25, 0.3) is 12.2 Å². The molecule has 35 heavy (non-hydrogen) atoms. The topological polar surface area (TPSA) is 0 Å². The zero-order valence-corrected chi connectivity index (χ0v) is 21.6. The van der Waals surface area contributed by atoms with Crippen LogP contribution in [0.5, 0.6) is 0 Å². The van der Waals surface area contributed by atoms with E-state index < -0.39 is 0 Å². The summed E-state index contributed by atoms with van der Waals surface area (Å²) in [4.78, 5) is 0. The van der Waals surface area contributed by atoms with Gasteiger partial charge in [-0.05, 0) is 65.3 Å². The van der Waals surface area contributed by atoms with E-state index >= 15 is 0 Å². The minimum Gasteiger partial charge on any atom is -0.206 e. The Hall–Kier alpha value is -2.67. The van der Waals surface area contributed by atoms with E-state index in [1.807, 2.05) is 24.3 Å². The molecule has 0 radical (unpaired) electrons. The summed E-state index contributed by atoms with van der Waals surface area (Å²) >= 11 is 0. The molecule has 3 aromatic rings. The molecule has 1 fully saturated rings. The molecule has 1 aliphatic rings. The maximum absolute atomic E-state index is 14.8. The van der Waals surface area contributed by atoms with Crippen LogP contribution in [0, 0.1) is 17.7 Å². The zero-order chi connectivity index (χ0) is 24.5. The Morgan fingerprint density at radius 1 is 0.800 bits per heavy atom. The summed E-state index contributed by atoms with van der Waals surface area (Å²) in [7, 11) is 0. The number of hydrogen-bond donors (Lipinski definition) is 0. The van der Waals surface area contributed by atoms with E-state index in [0.29, 0.717) is 11.5 Å². The van der Waals surface area contributed by atoms with Gasteiger partial charge in [-0.15, -0.1) is 0 Å². The highest BCUT2D eigenvalue weighted by Gasteiger charge is 2.20. The van der Waals surface area contributed by atoms with Crippen LogP contribution in [0.15, 0.2) is 72.8 Å². The maximum Gasteiger partial charge on any atom is 0.130 e. The first-order valence-electron chi connectivity index (χ1n) is 13.7. The molecule has 0 aromatic heterocycles. The highest BCUT2D eigenvalue weighted by Crippen LogP contribution is 2.34. The van der Waals surface area contributed by atoms with Crippen LogP contribution in [0.2, 0.25) is 0 Å². The van der Waals surface area contributed by atoms with Gasteiger partial charge in [0.05, 0.1) is 0 Å². The summed E-state index contributed by atoms with van der Waals surface area (Å²) in [5, 5.41) is 0. The van der Waals surface area contributed by atoms with Crippen molar-refractivity contribution in [3.63, 3.8) is 0 Å². The van der Waals surface area contributed by atoms with Gasteiger partial charge in [0.25, 0.3) is 0 Å². The summed E-state index contributed by atoms with van der Waals surface area (Å²) in [5.74, 6) is 2.11. The van der Waals surface area contributed by atoms with E-state index in [-0.39, 0.29) is 5.82 Å². The summed E-state index contributed by atoms with van der Waals surface area (Å²) in [6.45, 7) is 4.51. The second-order valence-corrected chi connectivity index (χ2v) is 10.7. The molecule has 1 atom stereocenters. The number of halogens is 1. The van der Waals surface area contributed by atoms with Crippen molar-refractivity contribution in [1.29, 1.82) is 0 Å². The average molecular weight is 469 g/mol. The molecule has 0 saturated heterocycles. The molecule has 1 unspecified atom stereocenters.